The van der Waals surface area contributed by atoms with Crippen molar-refractivity contribution in [3.63, 3.8) is 0 Å². The zero-order valence-corrected chi connectivity index (χ0v) is 10.3. The van der Waals surface area contributed by atoms with Gasteiger partial charge in [0.2, 0.25) is 0 Å². The number of hydrogen-bond acceptors (Lipinski definition) is 3. The van der Waals surface area contributed by atoms with Crippen LogP contribution in [0.1, 0.15) is 5.56 Å². The summed E-state index contributed by atoms with van der Waals surface area (Å²) in [5, 5.41) is 3.04. The Balaban J connectivity index is 2.33. The molecule has 0 bridgehead atoms. The zero-order valence-electron chi connectivity index (χ0n) is 10.3. The third kappa shape index (κ3) is 1.35. The maximum atomic E-state index is 11.3. The van der Waals surface area contributed by atoms with Crippen LogP contribution in [0, 0.1) is 6.92 Å². The molecular formula is C16H10O3. The second kappa shape index (κ2) is 3.48. The topological polar surface area (TPSA) is 43.4 Å². The molecule has 19 heavy (non-hydrogen) atoms. The van der Waals surface area contributed by atoms with Gasteiger partial charge in [-0.1, -0.05) is 18.2 Å². The minimum Gasteiger partial charge on any atom is -0.456 e. The van der Waals surface area contributed by atoms with Gasteiger partial charge in [-0.25, -0.2) is 4.79 Å². The lowest BCUT2D eigenvalue weighted by molar-refractivity contribution is 0.557. The molecule has 3 heteroatoms. The Morgan fingerprint density at radius 3 is 2.63 bits per heavy atom. The van der Waals surface area contributed by atoms with E-state index in [-0.39, 0.29) is 5.63 Å². The largest absolute Gasteiger partial charge is 0.456 e. The summed E-state index contributed by atoms with van der Waals surface area (Å²) in [6.45, 7) is 1.91. The van der Waals surface area contributed by atoms with Gasteiger partial charge >= 0.3 is 5.63 Å². The van der Waals surface area contributed by atoms with Crippen molar-refractivity contribution in [3.8, 4) is 0 Å². The molecular weight excluding hydrogens is 240 g/mol. The molecule has 0 aliphatic heterocycles. The molecule has 0 fully saturated rings. The normalized spacial score (nSPS) is 11.6. The summed E-state index contributed by atoms with van der Waals surface area (Å²) < 4.78 is 11.2. The van der Waals surface area contributed by atoms with Crippen LogP contribution in [0.3, 0.4) is 0 Å². The smallest absolute Gasteiger partial charge is 0.336 e. The molecule has 2 aromatic heterocycles. The second-order valence-corrected chi connectivity index (χ2v) is 4.65. The van der Waals surface area contributed by atoms with Crippen LogP contribution in [0.2, 0.25) is 0 Å². The molecule has 3 nitrogen and oxygen atoms in total. The van der Waals surface area contributed by atoms with Crippen molar-refractivity contribution < 1.29 is 8.83 Å². The summed E-state index contributed by atoms with van der Waals surface area (Å²) in [5.74, 6) is 0. The molecule has 0 radical (unpaired) electrons. The number of aryl methyl sites for hydroxylation is 1. The highest BCUT2D eigenvalue weighted by Gasteiger charge is 2.13. The van der Waals surface area contributed by atoms with Gasteiger partial charge in [0.25, 0.3) is 0 Å². The van der Waals surface area contributed by atoms with E-state index in [9.17, 15) is 4.79 Å². The third-order valence-corrected chi connectivity index (χ3v) is 3.48. The second-order valence-electron chi connectivity index (χ2n) is 4.65. The number of rotatable bonds is 0. The van der Waals surface area contributed by atoms with Gasteiger partial charge in [-0.15, -0.1) is 0 Å². The van der Waals surface area contributed by atoms with E-state index in [1.807, 2.05) is 37.3 Å². The van der Waals surface area contributed by atoms with Gasteiger partial charge in [0, 0.05) is 27.8 Å². The minimum absolute atomic E-state index is 0.342. The standard InChI is InChI=1S/C16H10O3/c1-9-15-10(6-7-14(17)19-15)8-12-11-4-2-3-5-13(11)18-16(9)12/h2-8H,1H3. The molecule has 0 saturated heterocycles. The summed E-state index contributed by atoms with van der Waals surface area (Å²) in [5.41, 5.74) is 2.74. The summed E-state index contributed by atoms with van der Waals surface area (Å²) in [7, 11) is 0. The molecule has 2 heterocycles. The van der Waals surface area contributed by atoms with Crippen LogP contribution >= 0.6 is 0 Å². The lowest BCUT2D eigenvalue weighted by atomic mass is 10.1. The Kier molecular flexibility index (Phi) is 1.90. The molecule has 0 atom stereocenters. The van der Waals surface area contributed by atoms with E-state index in [0.717, 1.165) is 32.9 Å². The highest BCUT2D eigenvalue weighted by molar-refractivity contribution is 6.10. The maximum absolute atomic E-state index is 11.3. The van der Waals surface area contributed by atoms with Crippen LogP contribution in [-0.2, 0) is 0 Å². The number of furan rings is 1. The fraction of sp³-hybridized carbons (Fsp3) is 0.0625. The summed E-state index contributed by atoms with van der Waals surface area (Å²) in [6.07, 6.45) is 0. The first-order valence-corrected chi connectivity index (χ1v) is 6.09. The summed E-state index contributed by atoms with van der Waals surface area (Å²) in [6, 6.07) is 13.1. The lowest BCUT2D eigenvalue weighted by Crippen LogP contribution is -1.95. The molecule has 0 amide bonds. The average Bonchev–Trinajstić information content (AvgIpc) is 2.79. The van der Waals surface area contributed by atoms with E-state index >= 15 is 0 Å². The van der Waals surface area contributed by atoms with E-state index in [4.69, 9.17) is 8.83 Å². The van der Waals surface area contributed by atoms with Crippen LogP contribution in [0.4, 0.5) is 0 Å². The van der Waals surface area contributed by atoms with Gasteiger partial charge in [0.15, 0.2) is 0 Å². The highest BCUT2D eigenvalue weighted by Crippen LogP contribution is 2.34. The minimum atomic E-state index is -0.342. The summed E-state index contributed by atoms with van der Waals surface area (Å²) >= 11 is 0. The average molecular weight is 250 g/mol. The molecule has 0 saturated carbocycles. The van der Waals surface area contributed by atoms with E-state index in [1.54, 1.807) is 6.07 Å². The van der Waals surface area contributed by atoms with Crippen molar-refractivity contribution in [1.29, 1.82) is 0 Å². The lowest BCUT2D eigenvalue weighted by Gasteiger charge is -2.00. The van der Waals surface area contributed by atoms with E-state index < -0.39 is 0 Å². The monoisotopic (exact) mass is 250 g/mol. The number of hydrogen-bond donors (Lipinski definition) is 0. The Labute approximate surface area is 108 Å². The molecule has 0 aliphatic rings. The molecule has 0 unspecified atom stereocenters. The zero-order chi connectivity index (χ0) is 13.0. The van der Waals surface area contributed by atoms with Crippen molar-refractivity contribution in [3.05, 3.63) is 58.4 Å². The first-order valence-electron chi connectivity index (χ1n) is 6.09. The first-order chi connectivity index (χ1) is 9.24. The number of benzene rings is 2. The van der Waals surface area contributed by atoms with Crippen LogP contribution in [0.25, 0.3) is 32.9 Å². The summed E-state index contributed by atoms with van der Waals surface area (Å²) in [4.78, 5) is 11.3. The number of para-hydroxylation sites is 1. The van der Waals surface area contributed by atoms with Gasteiger partial charge < -0.3 is 8.83 Å². The van der Waals surface area contributed by atoms with Crippen molar-refractivity contribution >= 4 is 32.9 Å². The fourth-order valence-corrected chi connectivity index (χ4v) is 2.58. The predicted molar refractivity (Wildman–Crippen MR) is 74.5 cm³/mol. The third-order valence-electron chi connectivity index (χ3n) is 3.48. The quantitative estimate of drug-likeness (QED) is 0.443. The Bertz CT molecular complexity index is 989. The molecule has 92 valence electrons. The van der Waals surface area contributed by atoms with Crippen LogP contribution in [-0.4, -0.2) is 0 Å². The molecule has 0 N–H and O–H groups in total. The van der Waals surface area contributed by atoms with Gasteiger partial charge in [-0.3, -0.25) is 0 Å². The maximum Gasteiger partial charge on any atom is 0.336 e. The molecule has 0 spiro atoms. The SMILES string of the molecule is Cc1c2oc(=O)ccc2cc2c1oc1ccccc12. The van der Waals surface area contributed by atoms with Crippen molar-refractivity contribution in [2.24, 2.45) is 0 Å². The molecule has 4 aromatic rings. The molecule has 4 rings (SSSR count). The predicted octanol–water partition coefficient (Wildman–Crippen LogP) is 4.00. The van der Waals surface area contributed by atoms with Crippen molar-refractivity contribution in [2.45, 2.75) is 6.92 Å². The highest BCUT2D eigenvalue weighted by atomic mass is 16.4. The van der Waals surface area contributed by atoms with Gasteiger partial charge in [0.05, 0.1) is 0 Å². The Morgan fingerprint density at radius 1 is 0.895 bits per heavy atom. The van der Waals surface area contributed by atoms with Gasteiger partial charge in [-0.2, -0.15) is 0 Å². The Morgan fingerprint density at radius 2 is 1.74 bits per heavy atom. The van der Waals surface area contributed by atoms with Crippen LogP contribution < -0.4 is 5.63 Å². The van der Waals surface area contributed by atoms with Crippen LogP contribution in [0.15, 0.2) is 56.1 Å². The molecule has 0 aliphatic carbocycles. The van der Waals surface area contributed by atoms with Crippen molar-refractivity contribution in [1.82, 2.24) is 0 Å². The first kappa shape index (κ1) is 10.4. The van der Waals surface area contributed by atoms with Gasteiger partial charge in [-0.05, 0) is 25.1 Å². The number of fused-ring (bicyclic) bond motifs is 4. The Hall–Kier alpha value is -2.55. The van der Waals surface area contributed by atoms with E-state index in [0.29, 0.717) is 5.58 Å². The van der Waals surface area contributed by atoms with E-state index in [2.05, 4.69) is 0 Å². The van der Waals surface area contributed by atoms with E-state index in [1.165, 1.54) is 6.07 Å². The van der Waals surface area contributed by atoms with Gasteiger partial charge in [0.1, 0.15) is 16.7 Å². The van der Waals surface area contributed by atoms with Crippen LogP contribution in [0.5, 0.6) is 0 Å². The fourth-order valence-electron chi connectivity index (χ4n) is 2.58. The van der Waals surface area contributed by atoms with Crippen molar-refractivity contribution in [2.75, 3.05) is 0 Å². The molecule has 2 aromatic carbocycles.